The predicted molar refractivity (Wildman–Crippen MR) is 63.5 cm³/mol. The number of hydrazone groups is 1. The van der Waals surface area contributed by atoms with Crippen LogP contribution in [0.15, 0.2) is 29.4 Å². The van der Waals surface area contributed by atoms with Crippen LogP contribution in [0, 0.1) is 5.41 Å². The molecule has 0 unspecified atom stereocenters. The number of nitrogens with two attached hydrogens (primary N) is 1. The fourth-order valence-corrected chi connectivity index (χ4v) is 1.22. The minimum atomic E-state index is -0.425. The Morgan fingerprint density at radius 2 is 2.31 bits per heavy atom. The summed E-state index contributed by atoms with van der Waals surface area (Å²) in [5, 5.41) is 12.3. The number of halogens is 1. The topological polar surface area (TPSA) is 82.5 Å². The highest BCUT2D eigenvalue weighted by Crippen LogP contribution is 2.08. The van der Waals surface area contributed by atoms with Gasteiger partial charge in [0.05, 0.1) is 6.21 Å². The molecule has 0 spiro atoms. The number of carbonyl (C=O) groups is 1. The van der Waals surface area contributed by atoms with Crippen LogP contribution in [-0.2, 0) is 4.79 Å². The maximum atomic E-state index is 11.0. The SMILES string of the molecule is CC(=O)N(/N=C/c1cccc(Cl)c1)C(=N)N. The van der Waals surface area contributed by atoms with Crippen LogP contribution in [0.1, 0.15) is 12.5 Å². The van der Waals surface area contributed by atoms with Crippen molar-refractivity contribution in [3.05, 3.63) is 34.9 Å². The lowest BCUT2D eigenvalue weighted by molar-refractivity contribution is -0.125. The van der Waals surface area contributed by atoms with Gasteiger partial charge in [-0.15, -0.1) is 0 Å². The molecule has 0 atom stereocenters. The third-order valence-corrected chi connectivity index (χ3v) is 1.93. The van der Waals surface area contributed by atoms with Crippen LogP contribution >= 0.6 is 11.6 Å². The molecule has 0 aliphatic rings. The van der Waals surface area contributed by atoms with E-state index in [-0.39, 0.29) is 0 Å². The molecule has 0 bridgehead atoms. The highest BCUT2D eigenvalue weighted by Gasteiger charge is 2.08. The standard InChI is InChI=1S/C10H11ClN4O/c1-7(16)15(10(12)13)14-6-8-3-2-4-9(11)5-8/h2-6H,1H3,(H3,12,13)/b14-6+. The molecular formula is C10H11ClN4O. The van der Waals surface area contributed by atoms with Gasteiger partial charge in [-0.05, 0) is 17.7 Å². The number of rotatable bonds is 2. The minimum Gasteiger partial charge on any atom is -0.368 e. The van der Waals surface area contributed by atoms with Crippen molar-refractivity contribution in [2.45, 2.75) is 6.92 Å². The number of hydrogen-bond donors (Lipinski definition) is 2. The van der Waals surface area contributed by atoms with Gasteiger partial charge in [0.2, 0.25) is 11.9 Å². The van der Waals surface area contributed by atoms with Gasteiger partial charge in [0.25, 0.3) is 0 Å². The second kappa shape index (κ2) is 5.27. The fourth-order valence-electron chi connectivity index (χ4n) is 1.02. The molecule has 0 aliphatic carbocycles. The van der Waals surface area contributed by atoms with Crippen LogP contribution in [0.3, 0.4) is 0 Å². The second-order valence-electron chi connectivity index (χ2n) is 3.02. The Kier molecular flexibility index (Phi) is 4.02. The first-order chi connectivity index (χ1) is 7.50. The Balaban J connectivity index is 2.86. The third kappa shape index (κ3) is 3.36. The maximum Gasteiger partial charge on any atom is 0.246 e. The Bertz CT molecular complexity index is 430. The number of nitrogens with one attached hydrogen (secondary N) is 1. The van der Waals surface area contributed by atoms with Gasteiger partial charge in [-0.25, -0.2) is 0 Å². The lowest BCUT2D eigenvalue weighted by Crippen LogP contribution is -2.35. The molecular weight excluding hydrogens is 228 g/mol. The first-order valence-corrected chi connectivity index (χ1v) is 4.83. The first kappa shape index (κ1) is 12.2. The van der Waals surface area contributed by atoms with Crippen LogP contribution in [0.25, 0.3) is 0 Å². The van der Waals surface area contributed by atoms with Gasteiger partial charge in [-0.3, -0.25) is 10.2 Å². The number of carbonyl (C=O) groups excluding carboxylic acids is 1. The van der Waals surface area contributed by atoms with E-state index < -0.39 is 11.9 Å². The summed E-state index contributed by atoms with van der Waals surface area (Å²) >= 11 is 5.78. The zero-order chi connectivity index (χ0) is 12.1. The summed E-state index contributed by atoms with van der Waals surface area (Å²) < 4.78 is 0. The molecule has 5 nitrogen and oxygen atoms in total. The number of hydrogen-bond acceptors (Lipinski definition) is 3. The summed E-state index contributed by atoms with van der Waals surface area (Å²) in [5.41, 5.74) is 5.90. The highest BCUT2D eigenvalue weighted by atomic mass is 35.5. The van der Waals surface area contributed by atoms with Crippen molar-refractivity contribution in [1.29, 1.82) is 5.41 Å². The van der Waals surface area contributed by atoms with E-state index >= 15 is 0 Å². The number of nitrogens with zero attached hydrogens (tertiary/aromatic N) is 2. The van der Waals surface area contributed by atoms with E-state index in [0.29, 0.717) is 5.02 Å². The molecule has 1 aromatic rings. The van der Waals surface area contributed by atoms with E-state index in [1.807, 2.05) is 0 Å². The molecule has 0 saturated heterocycles. The fraction of sp³-hybridized carbons (Fsp3) is 0.100. The van der Waals surface area contributed by atoms with Gasteiger partial charge in [0.15, 0.2) is 0 Å². The molecule has 1 rings (SSSR count). The van der Waals surface area contributed by atoms with Crippen molar-refractivity contribution in [2.75, 3.05) is 0 Å². The van der Waals surface area contributed by atoms with E-state index in [9.17, 15) is 4.79 Å². The van der Waals surface area contributed by atoms with Crippen LogP contribution in [0.5, 0.6) is 0 Å². The largest absolute Gasteiger partial charge is 0.368 e. The first-order valence-electron chi connectivity index (χ1n) is 4.45. The molecule has 1 aromatic carbocycles. The molecule has 0 fully saturated rings. The molecule has 0 aliphatic heterocycles. The third-order valence-electron chi connectivity index (χ3n) is 1.70. The van der Waals surface area contributed by atoms with Gasteiger partial charge in [0, 0.05) is 11.9 Å². The number of amides is 1. The Labute approximate surface area is 98.0 Å². The van der Waals surface area contributed by atoms with E-state index in [4.69, 9.17) is 22.7 Å². The van der Waals surface area contributed by atoms with Gasteiger partial charge in [-0.1, -0.05) is 23.7 Å². The van der Waals surface area contributed by atoms with Crippen molar-refractivity contribution >= 4 is 29.7 Å². The lowest BCUT2D eigenvalue weighted by Gasteiger charge is -2.11. The van der Waals surface area contributed by atoms with E-state index in [0.717, 1.165) is 10.6 Å². The molecule has 0 radical (unpaired) electrons. The molecule has 0 aromatic heterocycles. The Morgan fingerprint density at radius 3 is 2.81 bits per heavy atom. The van der Waals surface area contributed by atoms with Crippen LogP contribution < -0.4 is 5.73 Å². The van der Waals surface area contributed by atoms with Crippen molar-refractivity contribution < 1.29 is 4.79 Å². The molecule has 0 saturated carbocycles. The smallest absolute Gasteiger partial charge is 0.246 e. The van der Waals surface area contributed by atoms with E-state index in [1.165, 1.54) is 13.1 Å². The predicted octanol–water partition coefficient (Wildman–Crippen LogP) is 1.42. The molecule has 16 heavy (non-hydrogen) atoms. The Hall–Kier alpha value is -1.88. The zero-order valence-corrected chi connectivity index (χ0v) is 9.40. The van der Waals surface area contributed by atoms with Gasteiger partial charge in [0.1, 0.15) is 0 Å². The van der Waals surface area contributed by atoms with Crippen LogP contribution in [0.2, 0.25) is 5.02 Å². The summed E-state index contributed by atoms with van der Waals surface area (Å²) in [6, 6.07) is 6.94. The molecule has 84 valence electrons. The summed E-state index contributed by atoms with van der Waals surface area (Å²) in [7, 11) is 0. The van der Waals surface area contributed by atoms with Crippen LogP contribution in [-0.4, -0.2) is 23.1 Å². The average Bonchev–Trinajstić information content (AvgIpc) is 2.16. The van der Waals surface area contributed by atoms with Gasteiger partial charge >= 0.3 is 0 Å². The van der Waals surface area contributed by atoms with Crippen molar-refractivity contribution in [2.24, 2.45) is 10.8 Å². The van der Waals surface area contributed by atoms with Gasteiger partial charge < -0.3 is 5.73 Å². The average molecular weight is 239 g/mol. The molecule has 3 N–H and O–H groups in total. The molecule has 6 heteroatoms. The summed E-state index contributed by atoms with van der Waals surface area (Å²) in [6.45, 7) is 1.27. The van der Waals surface area contributed by atoms with Crippen LogP contribution in [0.4, 0.5) is 0 Å². The maximum absolute atomic E-state index is 11.0. The van der Waals surface area contributed by atoms with Gasteiger partial charge in [-0.2, -0.15) is 10.1 Å². The Morgan fingerprint density at radius 1 is 1.62 bits per heavy atom. The highest BCUT2D eigenvalue weighted by molar-refractivity contribution is 6.30. The van der Waals surface area contributed by atoms with Crippen molar-refractivity contribution in [3.63, 3.8) is 0 Å². The monoisotopic (exact) mass is 238 g/mol. The lowest BCUT2D eigenvalue weighted by atomic mass is 10.2. The summed E-state index contributed by atoms with van der Waals surface area (Å²) in [4.78, 5) is 11.0. The summed E-state index contributed by atoms with van der Waals surface area (Å²) in [5.74, 6) is -0.850. The zero-order valence-electron chi connectivity index (χ0n) is 8.64. The van der Waals surface area contributed by atoms with E-state index in [1.54, 1.807) is 24.3 Å². The van der Waals surface area contributed by atoms with E-state index in [2.05, 4.69) is 5.10 Å². The van der Waals surface area contributed by atoms with Crippen molar-refractivity contribution in [3.8, 4) is 0 Å². The quantitative estimate of drug-likeness (QED) is 0.464. The van der Waals surface area contributed by atoms with Crippen molar-refractivity contribution in [1.82, 2.24) is 5.01 Å². The molecule has 0 heterocycles. The second-order valence-corrected chi connectivity index (χ2v) is 3.45. The summed E-state index contributed by atoms with van der Waals surface area (Å²) in [6.07, 6.45) is 1.41. The number of benzene rings is 1. The normalized spacial score (nSPS) is 10.4. The number of guanidine groups is 1. The molecule has 1 amide bonds. The minimum absolute atomic E-state index is 0.425.